The van der Waals surface area contributed by atoms with Crippen LogP contribution >= 0.6 is 0 Å². The fourth-order valence-corrected chi connectivity index (χ4v) is 4.72. The van der Waals surface area contributed by atoms with E-state index in [1.54, 1.807) is 0 Å². The van der Waals surface area contributed by atoms with Gasteiger partial charge in [-0.3, -0.25) is 0 Å². The van der Waals surface area contributed by atoms with Crippen molar-refractivity contribution in [2.24, 2.45) is 11.8 Å². The number of unbranched alkanes of at least 4 members (excludes halogenated alkanes) is 2. The van der Waals surface area contributed by atoms with Crippen molar-refractivity contribution in [3.05, 3.63) is 48.7 Å². The van der Waals surface area contributed by atoms with Gasteiger partial charge in [0, 0.05) is 24.1 Å². The van der Waals surface area contributed by atoms with Crippen LogP contribution in [-0.4, -0.2) is 22.8 Å². The highest BCUT2D eigenvalue weighted by Crippen LogP contribution is 2.43. The van der Waals surface area contributed by atoms with E-state index < -0.39 is 5.54 Å². The van der Waals surface area contributed by atoms with Gasteiger partial charge in [0.2, 0.25) is 0 Å². The van der Waals surface area contributed by atoms with Gasteiger partial charge in [0.05, 0.1) is 0 Å². The largest absolute Gasteiger partial charge is 0.358 e. The number of hydrogen-bond donors (Lipinski definition) is 0. The fraction of sp³-hybridized carbons (Fsp3) is 0.640. The number of rotatable bonds is 6. The number of carbonyl (C=O) groups excluding carboxylic acids is 1. The zero-order valence-electron chi connectivity index (χ0n) is 17.6. The van der Waals surface area contributed by atoms with E-state index in [0.717, 1.165) is 25.7 Å². The van der Waals surface area contributed by atoms with Gasteiger partial charge in [0.1, 0.15) is 11.8 Å². The Morgan fingerprint density at radius 2 is 1.56 bits per heavy atom. The van der Waals surface area contributed by atoms with Crippen molar-refractivity contribution < 1.29 is 4.79 Å². The highest BCUT2D eigenvalue weighted by Gasteiger charge is 2.48. The van der Waals surface area contributed by atoms with Gasteiger partial charge in [-0.25, -0.2) is 0 Å². The predicted molar refractivity (Wildman–Crippen MR) is 117 cm³/mol. The van der Waals surface area contributed by atoms with Crippen LogP contribution < -0.4 is 0 Å². The molecule has 3 aliphatic rings. The molecule has 0 aromatic rings. The Hall–Kier alpha value is -1.57. The van der Waals surface area contributed by atoms with E-state index in [2.05, 4.69) is 74.4 Å². The van der Waals surface area contributed by atoms with Gasteiger partial charge in [-0.2, -0.15) is 0 Å². The molecule has 0 fully saturated rings. The molecule has 2 nitrogen and oxygen atoms in total. The molecular formula is C25H39NO. The summed E-state index contributed by atoms with van der Waals surface area (Å²) in [6.45, 7) is 6.62. The summed E-state index contributed by atoms with van der Waals surface area (Å²) in [7, 11) is 0. The van der Waals surface area contributed by atoms with Crippen molar-refractivity contribution >= 4 is 6.29 Å². The van der Waals surface area contributed by atoms with E-state index in [9.17, 15) is 4.79 Å². The first kappa shape index (κ1) is 21.7. The van der Waals surface area contributed by atoms with E-state index in [1.165, 1.54) is 38.4 Å². The zero-order chi connectivity index (χ0) is 19.5. The van der Waals surface area contributed by atoms with Gasteiger partial charge >= 0.3 is 0 Å². The second-order valence-electron chi connectivity index (χ2n) is 8.16. The Bertz CT molecular complexity index is 531. The van der Waals surface area contributed by atoms with Gasteiger partial charge in [-0.05, 0) is 51.5 Å². The molecular weight excluding hydrogens is 330 g/mol. The smallest absolute Gasteiger partial charge is 0.146 e. The van der Waals surface area contributed by atoms with Crippen LogP contribution in [0.2, 0.25) is 0 Å². The molecule has 3 rings (SSSR count). The molecule has 150 valence electrons. The molecule has 0 spiro atoms. The second kappa shape index (κ2) is 11.3. The highest BCUT2D eigenvalue weighted by molar-refractivity contribution is 5.68. The standard InChI is InChI=1S/C20H27NO.C5H12/c1-17-10-8-9-15-21(17)20(16-22,18-11-4-2-5-12-18)19-13-6-3-7-14-19;1-3-5-4-2/h4,6,8-11,13,15-19H,2-3,5,7,12,14H2,1H3;3-5H2,1-2H3. The van der Waals surface area contributed by atoms with Crippen LogP contribution in [0.3, 0.4) is 0 Å². The van der Waals surface area contributed by atoms with Gasteiger partial charge in [-0.15, -0.1) is 0 Å². The third-order valence-electron chi connectivity index (χ3n) is 6.23. The lowest BCUT2D eigenvalue weighted by Gasteiger charge is -2.52. The van der Waals surface area contributed by atoms with Crippen LogP contribution in [0.4, 0.5) is 0 Å². The topological polar surface area (TPSA) is 20.3 Å². The van der Waals surface area contributed by atoms with E-state index in [1.807, 2.05) is 0 Å². The normalized spacial score (nSPS) is 29.0. The fourth-order valence-electron chi connectivity index (χ4n) is 4.72. The van der Waals surface area contributed by atoms with Crippen LogP contribution in [0, 0.1) is 11.8 Å². The summed E-state index contributed by atoms with van der Waals surface area (Å²) in [5.74, 6) is 0.621. The molecule has 2 heteroatoms. The summed E-state index contributed by atoms with van der Waals surface area (Å²) in [5, 5.41) is 0. The molecule has 1 heterocycles. The first-order chi connectivity index (χ1) is 13.2. The number of allylic oxidation sites excluding steroid dienone is 4. The lowest BCUT2D eigenvalue weighted by Crippen LogP contribution is -2.60. The number of nitrogens with zero attached hydrogens (tertiary/aromatic N) is 1. The maximum atomic E-state index is 12.5. The molecule has 27 heavy (non-hydrogen) atoms. The molecule has 0 aromatic heterocycles. The Kier molecular flexibility index (Phi) is 9.10. The van der Waals surface area contributed by atoms with E-state index >= 15 is 0 Å². The maximum absolute atomic E-state index is 12.5. The predicted octanol–water partition coefficient (Wildman–Crippen LogP) is 6.61. The van der Waals surface area contributed by atoms with Gasteiger partial charge in [0.25, 0.3) is 0 Å². The van der Waals surface area contributed by atoms with Gasteiger partial charge in [0.15, 0.2) is 0 Å². The molecule has 0 aromatic carbocycles. The zero-order valence-corrected chi connectivity index (χ0v) is 17.6. The maximum Gasteiger partial charge on any atom is 0.146 e. The molecule has 0 saturated carbocycles. The summed E-state index contributed by atoms with van der Waals surface area (Å²) in [6, 6.07) is 0.265. The van der Waals surface area contributed by atoms with Crippen molar-refractivity contribution in [1.82, 2.24) is 4.90 Å². The van der Waals surface area contributed by atoms with Gasteiger partial charge in [-0.1, -0.05) is 69.6 Å². The van der Waals surface area contributed by atoms with E-state index in [0.29, 0.717) is 11.8 Å². The first-order valence-corrected chi connectivity index (χ1v) is 11.1. The van der Waals surface area contributed by atoms with Crippen molar-refractivity contribution in [1.29, 1.82) is 0 Å². The molecule has 1 aliphatic heterocycles. The van der Waals surface area contributed by atoms with Gasteiger partial charge < -0.3 is 9.69 Å². The van der Waals surface area contributed by atoms with Crippen LogP contribution in [0.1, 0.15) is 78.6 Å². The summed E-state index contributed by atoms with van der Waals surface area (Å²) in [4.78, 5) is 14.8. The summed E-state index contributed by atoms with van der Waals surface area (Å²) in [6.07, 6.45) is 29.9. The number of carbonyl (C=O) groups is 1. The van der Waals surface area contributed by atoms with Crippen molar-refractivity contribution in [2.75, 3.05) is 0 Å². The average Bonchev–Trinajstić information content (AvgIpc) is 2.73. The monoisotopic (exact) mass is 369 g/mol. The van der Waals surface area contributed by atoms with Crippen LogP contribution in [0.15, 0.2) is 48.7 Å². The molecule has 0 saturated heterocycles. The summed E-state index contributed by atoms with van der Waals surface area (Å²) < 4.78 is 0. The molecule has 3 atom stereocenters. The lowest BCUT2D eigenvalue weighted by atomic mass is 9.67. The van der Waals surface area contributed by atoms with Crippen molar-refractivity contribution in [3.8, 4) is 0 Å². The Morgan fingerprint density at radius 3 is 1.93 bits per heavy atom. The number of aldehydes is 1. The molecule has 2 aliphatic carbocycles. The Balaban J connectivity index is 0.000000465. The minimum absolute atomic E-state index is 0.265. The minimum Gasteiger partial charge on any atom is -0.358 e. The van der Waals surface area contributed by atoms with Crippen LogP contribution in [0.25, 0.3) is 0 Å². The minimum atomic E-state index is -0.436. The molecule has 3 unspecified atom stereocenters. The highest BCUT2D eigenvalue weighted by atomic mass is 16.1. The average molecular weight is 370 g/mol. The van der Waals surface area contributed by atoms with Crippen molar-refractivity contribution in [3.63, 3.8) is 0 Å². The second-order valence-corrected chi connectivity index (χ2v) is 8.16. The summed E-state index contributed by atoms with van der Waals surface area (Å²) in [5.41, 5.74) is -0.436. The SMILES string of the molecule is CC1C=CC=CN1C(C=O)(C1C=CCCC1)C1C=CCCC1.CCCCC. The molecule has 0 N–H and O–H groups in total. The molecule has 0 amide bonds. The quantitative estimate of drug-likeness (QED) is 0.388. The third-order valence-corrected chi connectivity index (χ3v) is 6.23. The van der Waals surface area contributed by atoms with Crippen LogP contribution in [0.5, 0.6) is 0 Å². The third kappa shape index (κ3) is 5.24. The van der Waals surface area contributed by atoms with E-state index in [-0.39, 0.29) is 6.04 Å². The molecule has 0 bridgehead atoms. The van der Waals surface area contributed by atoms with Crippen LogP contribution in [-0.2, 0) is 4.79 Å². The molecule has 0 radical (unpaired) electrons. The Morgan fingerprint density at radius 1 is 0.963 bits per heavy atom. The Labute approximate surface area is 167 Å². The first-order valence-electron chi connectivity index (χ1n) is 11.1. The van der Waals surface area contributed by atoms with Crippen molar-refractivity contribution in [2.45, 2.75) is 90.1 Å². The lowest BCUT2D eigenvalue weighted by molar-refractivity contribution is -0.123. The summed E-state index contributed by atoms with van der Waals surface area (Å²) >= 11 is 0. The van der Waals surface area contributed by atoms with E-state index in [4.69, 9.17) is 0 Å². The number of hydrogen-bond acceptors (Lipinski definition) is 2.